The lowest BCUT2D eigenvalue weighted by Gasteiger charge is -2.33. The third-order valence-corrected chi connectivity index (χ3v) is 13.9. The van der Waals surface area contributed by atoms with Crippen LogP contribution in [0.3, 0.4) is 0 Å². The molecule has 165 valence electrons. The normalized spacial score (nSPS) is 14.8. The molecular weight excluding hydrogens is 433 g/mol. The summed E-state index contributed by atoms with van der Waals surface area (Å²) in [4.78, 5) is 0. The van der Waals surface area contributed by atoms with Gasteiger partial charge in [0.1, 0.15) is 0 Å². The number of hydrogen-bond donors (Lipinski definition) is 0. The minimum atomic E-state index is -2.65. The molecule has 1 heterocycles. The van der Waals surface area contributed by atoms with E-state index in [1.165, 1.54) is 52.5 Å². The predicted molar refractivity (Wildman–Crippen MR) is 144 cm³/mol. The van der Waals surface area contributed by atoms with E-state index in [-0.39, 0.29) is 8.80 Å². The van der Waals surface area contributed by atoms with Crippen molar-refractivity contribution in [2.24, 2.45) is 0 Å². The van der Waals surface area contributed by atoms with Gasteiger partial charge in [-0.15, -0.1) is 0 Å². The summed E-state index contributed by atoms with van der Waals surface area (Å²) in [6.45, 7) is 0.618. The van der Waals surface area contributed by atoms with Crippen molar-refractivity contribution < 1.29 is 4.43 Å². The maximum Gasteiger partial charge on any atom is 0.288 e. The molecule has 0 N–H and O–H groups in total. The van der Waals surface area contributed by atoms with Crippen LogP contribution in [-0.4, -0.2) is 17.1 Å². The molecule has 0 aliphatic carbocycles. The topological polar surface area (TPSA) is 9.23 Å². The zero-order valence-electron chi connectivity index (χ0n) is 19.1. The first-order chi connectivity index (χ1) is 16.4. The highest BCUT2D eigenvalue weighted by Gasteiger charge is 2.41. The largest absolute Gasteiger partial charge is 0.400 e. The van der Waals surface area contributed by atoms with Gasteiger partial charge in [-0.2, -0.15) is 0 Å². The summed E-state index contributed by atoms with van der Waals surface area (Å²) in [5.74, 6) is 0. The summed E-state index contributed by atoms with van der Waals surface area (Å²) in [7, 11) is -2.99. The van der Waals surface area contributed by atoms with Crippen molar-refractivity contribution >= 4 is 37.9 Å². The molecule has 0 saturated carbocycles. The molecule has 1 saturated heterocycles. The molecule has 1 fully saturated rings. The molecule has 1 nitrogen and oxygen atoms in total. The molecule has 4 aromatic carbocycles. The Morgan fingerprint density at radius 2 is 1.00 bits per heavy atom. The lowest BCUT2D eigenvalue weighted by molar-refractivity contribution is 0.312. The van der Waals surface area contributed by atoms with Gasteiger partial charge in [0.25, 0.3) is 8.32 Å². The molecule has 0 unspecified atom stereocenters. The van der Waals surface area contributed by atoms with Gasteiger partial charge in [-0.1, -0.05) is 152 Å². The van der Waals surface area contributed by atoms with Crippen LogP contribution in [0, 0.1) is 0 Å². The molecule has 0 amide bonds. The molecule has 5 rings (SSSR count). The Kier molecular flexibility index (Phi) is 7.01. The summed E-state index contributed by atoms with van der Waals surface area (Å²) in [5.41, 5.74) is 1.26. The second kappa shape index (κ2) is 10.5. The van der Waals surface area contributed by atoms with Gasteiger partial charge >= 0.3 is 0 Å². The van der Waals surface area contributed by atoms with Gasteiger partial charge in [-0.3, -0.25) is 0 Å². The van der Waals surface area contributed by atoms with Crippen LogP contribution < -0.4 is 20.7 Å². The number of rotatable bonds is 7. The standard InChI is InChI=1S/C30H31OSi2/c1-5-13-28(14-6-1)33(29-15-7-2-8-16-29,30-17-9-3-10-18-30)31-25-26-19-21-27(22-20-26)32-23-11-4-12-24-32/h1-3,5-10,13-22H,4,11-12,23-25H2. The first kappa shape index (κ1) is 22.1. The van der Waals surface area contributed by atoms with Crippen molar-refractivity contribution in [3.8, 4) is 0 Å². The summed E-state index contributed by atoms with van der Waals surface area (Å²) in [6, 6.07) is 44.8. The van der Waals surface area contributed by atoms with Crippen molar-refractivity contribution in [3.63, 3.8) is 0 Å². The van der Waals surface area contributed by atoms with E-state index in [4.69, 9.17) is 4.43 Å². The lowest BCUT2D eigenvalue weighted by Crippen LogP contribution is -2.69. The van der Waals surface area contributed by atoms with Crippen LogP contribution in [0.1, 0.15) is 24.8 Å². The van der Waals surface area contributed by atoms with Crippen LogP contribution >= 0.6 is 0 Å². The second-order valence-corrected chi connectivity index (χ2v) is 15.1. The Labute approximate surface area is 200 Å². The van der Waals surface area contributed by atoms with Crippen molar-refractivity contribution in [2.75, 3.05) is 0 Å². The summed E-state index contributed by atoms with van der Waals surface area (Å²) in [6.07, 6.45) is 4.25. The molecule has 1 aliphatic rings. The number of benzene rings is 4. The van der Waals surface area contributed by atoms with Crippen LogP contribution in [0.2, 0.25) is 12.1 Å². The highest BCUT2D eigenvalue weighted by molar-refractivity contribution is 7.07. The minimum absolute atomic E-state index is 0.345. The Morgan fingerprint density at radius 3 is 1.45 bits per heavy atom. The van der Waals surface area contributed by atoms with Crippen LogP contribution in [-0.2, 0) is 11.0 Å². The zero-order valence-corrected chi connectivity index (χ0v) is 21.1. The molecular formula is C30H31OSi2. The quantitative estimate of drug-likeness (QED) is 0.284. The van der Waals surface area contributed by atoms with E-state index < -0.39 is 8.32 Å². The molecule has 0 spiro atoms. The smallest absolute Gasteiger partial charge is 0.288 e. The third kappa shape index (κ3) is 4.81. The summed E-state index contributed by atoms with van der Waals surface area (Å²) >= 11 is 0. The van der Waals surface area contributed by atoms with Crippen molar-refractivity contribution in [1.82, 2.24) is 0 Å². The Bertz CT molecular complexity index is 1030. The van der Waals surface area contributed by atoms with E-state index in [2.05, 4.69) is 115 Å². The van der Waals surface area contributed by atoms with Gasteiger partial charge in [0.05, 0.1) is 15.4 Å². The van der Waals surface area contributed by atoms with Crippen molar-refractivity contribution in [3.05, 3.63) is 121 Å². The van der Waals surface area contributed by atoms with Crippen LogP contribution in [0.4, 0.5) is 0 Å². The Morgan fingerprint density at radius 1 is 0.545 bits per heavy atom. The average molecular weight is 464 g/mol. The molecule has 1 radical (unpaired) electrons. The van der Waals surface area contributed by atoms with Crippen LogP contribution in [0.5, 0.6) is 0 Å². The fourth-order valence-electron chi connectivity index (χ4n) is 5.06. The van der Waals surface area contributed by atoms with E-state index in [0.29, 0.717) is 6.61 Å². The fourth-order valence-corrected chi connectivity index (χ4v) is 11.8. The van der Waals surface area contributed by atoms with Gasteiger partial charge in [0, 0.05) is 0 Å². The van der Waals surface area contributed by atoms with Crippen molar-refractivity contribution in [1.29, 1.82) is 0 Å². The van der Waals surface area contributed by atoms with Gasteiger partial charge in [0.15, 0.2) is 0 Å². The summed E-state index contributed by atoms with van der Waals surface area (Å²) in [5, 5.41) is 5.45. The molecule has 0 aromatic heterocycles. The van der Waals surface area contributed by atoms with Gasteiger partial charge in [-0.05, 0) is 21.1 Å². The molecule has 1 aliphatic heterocycles. The fraction of sp³-hybridized carbons (Fsp3) is 0.200. The Balaban J connectivity index is 1.50. The van der Waals surface area contributed by atoms with E-state index in [1.54, 1.807) is 5.19 Å². The SMILES string of the molecule is c1ccc([Si](OCc2ccc([Si]3CCCCC3)cc2)(c2ccccc2)c2ccccc2)cc1. The van der Waals surface area contributed by atoms with Crippen LogP contribution in [0.15, 0.2) is 115 Å². The molecule has 3 heteroatoms. The van der Waals surface area contributed by atoms with Gasteiger partial charge in [0.2, 0.25) is 0 Å². The van der Waals surface area contributed by atoms with Crippen LogP contribution in [0.25, 0.3) is 0 Å². The molecule has 33 heavy (non-hydrogen) atoms. The van der Waals surface area contributed by atoms with E-state index in [1.807, 2.05) is 0 Å². The van der Waals surface area contributed by atoms with E-state index in [0.717, 1.165) is 0 Å². The van der Waals surface area contributed by atoms with Crippen molar-refractivity contribution in [2.45, 2.75) is 38.0 Å². The molecule has 0 bridgehead atoms. The second-order valence-electron chi connectivity index (χ2n) is 8.93. The summed E-state index contributed by atoms with van der Waals surface area (Å²) < 4.78 is 7.11. The maximum absolute atomic E-state index is 7.11. The predicted octanol–water partition coefficient (Wildman–Crippen LogP) is 4.76. The zero-order chi connectivity index (χ0) is 22.3. The number of hydrogen-bond acceptors (Lipinski definition) is 1. The Hall–Kier alpha value is -2.73. The highest BCUT2D eigenvalue weighted by atomic mass is 28.4. The van der Waals surface area contributed by atoms with E-state index >= 15 is 0 Å². The van der Waals surface area contributed by atoms with Gasteiger partial charge in [-0.25, -0.2) is 0 Å². The third-order valence-electron chi connectivity index (χ3n) is 6.82. The lowest BCUT2D eigenvalue weighted by atomic mass is 10.2. The molecule has 0 atom stereocenters. The average Bonchev–Trinajstić information content (AvgIpc) is 2.92. The van der Waals surface area contributed by atoms with E-state index in [9.17, 15) is 0 Å². The molecule has 4 aromatic rings. The van der Waals surface area contributed by atoms with Gasteiger partial charge < -0.3 is 4.43 Å². The first-order valence-electron chi connectivity index (χ1n) is 12.1. The minimum Gasteiger partial charge on any atom is -0.400 e. The highest BCUT2D eigenvalue weighted by Crippen LogP contribution is 2.19. The maximum atomic E-state index is 7.11. The monoisotopic (exact) mass is 463 g/mol. The first-order valence-corrected chi connectivity index (χ1v) is 15.9.